The number of rotatable bonds is 6. The Balaban J connectivity index is 1.56. The Hall–Kier alpha value is -0.490. The van der Waals surface area contributed by atoms with Crippen molar-refractivity contribution in [2.75, 3.05) is 39.8 Å². The molecular formula is C15H25N3OS. The van der Waals surface area contributed by atoms with Gasteiger partial charge in [0.2, 0.25) is 0 Å². The molecule has 1 aromatic heterocycles. The third-order valence-electron chi connectivity index (χ3n) is 4.07. The van der Waals surface area contributed by atoms with Crippen molar-refractivity contribution < 1.29 is 4.74 Å². The maximum absolute atomic E-state index is 5.92. The fourth-order valence-electron chi connectivity index (χ4n) is 2.84. The average molecular weight is 295 g/mol. The Labute approximate surface area is 125 Å². The number of hydrogen-bond donors (Lipinski definition) is 0. The molecule has 2 fully saturated rings. The number of likely N-dealkylation sites (N-methyl/N-ethyl adjacent to an activating group) is 1. The van der Waals surface area contributed by atoms with E-state index in [1.807, 2.05) is 0 Å². The highest BCUT2D eigenvalue weighted by atomic mass is 32.1. The molecule has 2 heterocycles. The molecule has 1 aliphatic heterocycles. The maximum atomic E-state index is 5.92. The third-order valence-corrected chi connectivity index (χ3v) is 4.89. The molecule has 1 aliphatic carbocycles. The molecule has 20 heavy (non-hydrogen) atoms. The SMILES string of the molecule is Cc1nc(CN(CC2CC2)C[C@H]2CN(C)CCO2)cs1. The Kier molecular flexibility index (Phi) is 4.71. The van der Waals surface area contributed by atoms with Crippen LogP contribution in [0.3, 0.4) is 0 Å². The lowest BCUT2D eigenvalue weighted by atomic mass is 10.2. The minimum Gasteiger partial charge on any atom is -0.374 e. The molecule has 0 unspecified atom stereocenters. The summed E-state index contributed by atoms with van der Waals surface area (Å²) in [5.41, 5.74) is 1.22. The van der Waals surface area contributed by atoms with Gasteiger partial charge >= 0.3 is 0 Å². The fraction of sp³-hybridized carbons (Fsp3) is 0.800. The van der Waals surface area contributed by atoms with Gasteiger partial charge in [-0.15, -0.1) is 11.3 Å². The van der Waals surface area contributed by atoms with Gasteiger partial charge < -0.3 is 9.64 Å². The summed E-state index contributed by atoms with van der Waals surface area (Å²) in [5.74, 6) is 0.913. The Morgan fingerprint density at radius 1 is 1.45 bits per heavy atom. The topological polar surface area (TPSA) is 28.6 Å². The van der Waals surface area contributed by atoms with Crippen molar-refractivity contribution >= 4 is 11.3 Å². The van der Waals surface area contributed by atoms with Crippen LogP contribution in [-0.4, -0.2) is 60.7 Å². The van der Waals surface area contributed by atoms with Gasteiger partial charge in [0.05, 0.1) is 23.4 Å². The van der Waals surface area contributed by atoms with Crippen molar-refractivity contribution in [2.24, 2.45) is 5.92 Å². The quantitative estimate of drug-likeness (QED) is 0.802. The number of aryl methyl sites for hydroxylation is 1. The molecule has 0 bridgehead atoms. The zero-order chi connectivity index (χ0) is 13.9. The van der Waals surface area contributed by atoms with Gasteiger partial charge in [-0.2, -0.15) is 0 Å². The molecule has 112 valence electrons. The zero-order valence-corrected chi connectivity index (χ0v) is 13.4. The van der Waals surface area contributed by atoms with Crippen molar-refractivity contribution in [2.45, 2.75) is 32.4 Å². The lowest BCUT2D eigenvalue weighted by molar-refractivity contribution is -0.0374. The van der Waals surface area contributed by atoms with Gasteiger partial charge in [0.25, 0.3) is 0 Å². The first-order chi connectivity index (χ1) is 9.69. The number of thiazole rings is 1. The van der Waals surface area contributed by atoms with Gasteiger partial charge in [-0.1, -0.05) is 0 Å². The van der Waals surface area contributed by atoms with E-state index in [4.69, 9.17) is 4.74 Å². The minimum absolute atomic E-state index is 0.354. The van der Waals surface area contributed by atoms with Crippen molar-refractivity contribution in [1.82, 2.24) is 14.8 Å². The van der Waals surface area contributed by atoms with Crippen molar-refractivity contribution in [3.63, 3.8) is 0 Å². The molecule has 1 saturated heterocycles. The summed E-state index contributed by atoms with van der Waals surface area (Å²) in [6.07, 6.45) is 3.16. The summed E-state index contributed by atoms with van der Waals surface area (Å²) in [7, 11) is 2.19. The predicted molar refractivity (Wildman–Crippen MR) is 82.1 cm³/mol. The summed E-state index contributed by atoms with van der Waals surface area (Å²) in [6.45, 7) is 8.29. The van der Waals surface area contributed by atoms with Crippen LogP contribution in [0.4, 0.5) is 0 Å². The van der Waals surface area contributed by atoms with Gasteiger partial charge in [0.15, 0.2) is 0 Å². The first-order valence-electron chi connectivity index (χ1n) is 7.62. The predicted octanol–water partition coefficient (Wildman–Crippen LogP) is 1.99. The highest BCUT2D eigenvalue weighted by molar-refractivity contribution is 7.09. The average Bonchev–Trinajstić information content (AvgIpc) is 3.11. The van der Waals surface area contributed by atoms with E-state index in [9.17, 15) is 0 Å². The van der Waals surface area contributed by atoms with E-state index >= 15 is 0 Å². The standard InChI is InChI=1S/C15H25N3OS/c1-12-16-14(11-20-12)8-18(7-13-3-4-13)10-15-9-17(2)5-6-19-15/h11,13,15H,3-10H2,1-2H3/t15-/m1/s1. The maximum Gasteiger partial charge on any atom is 0.0897 e. The molecule has 0 spiro atoms. The van der Waals surface area contributed by atoms with Gasteiger partial charge in [-0.3, -0.25) is 4.90 Å². The molecule has 0 amide bonds. The van der Waals surface area contributed by atoms with E-state index in [1.54, 1.807) is 11.3 Å². The number of nitrogens with zero attached hydrogens (tertiary/aromatic N) is 3. The summed E-state index contributed by atoms with van der Waals surface area (Å²) in [4.78, 5) is 9.53. The molecule has 5 heteroatoms. The molecule has 0 aromatic carbocycles. The zero-order valence-electron chi connectivity index (χ0n) is 12.5. The molecule has 1 aromatic rings. The monoisotopic (exact) mass is 295 g/mol. The van der Waals surface area contributed by atoms with E-state index in [-0.39, 0.29) is 0 Å². The van der Waals surface area contributed by atoms with E-state index in [1.165, 1.54) is 30.1 Å². The van der Waals surface area contributed by atoms with E-state index in [0.29, 0.717) is 6.10 Å². The summed E-state index contributed by atoms with van der Waals surface area (Å²) in [5, 5.41) is 3.36. The number of aromatic nitrogens is 1. The van der Waals surface area contributed by atoms with Gasteiger partial charge in [0.1, 0.15) is 0 Å². The molecule has 0 N–H and O–H groups in total. The van der Waals surface area contributed by atoms with Crippen LogP contribution in [0.25, 0.3) is 0 Å². The molecule has 0 radical (unpaired) electrons. The second-order valence-corrected chi connectivity index (χ2v) is 7.31. The van der Waals surface area contributed by atoms with Gasteiger partial charge in [-0.05, 0) is 32.7 Å². The highest BCUT2D eigenvalue weighted by Crippen LogP contribution is 2.30. The van der Waals surface area contributed by atoms with Crippen LogP contribution < -0.4 is 0 Å². The van der Waals surface area contributed by atoms with Crippen molar-refractivity contribution in [1.29, 1.82) is 0 Å². The van der Waals surface area contributed by atoms with E-state index in [2.05, 4.69) is 34.1 Å². The summed E-state index contributed by atoms with van der Waals surface area (Å²) < 4.78 is 5.92. The smallest absolute Gasteiger partial charge is 0.0897 e. The molecular weight excluding hydrogens is 270 g/mol. The van der Waals surface area contributed by atoms with E-state index < -0.39 is 0 Å². The van der Waals surface area contributed by atoms with Gasteiger partial charge in [-0.25, -0.2) is 4.98 Å². The molecule has 4 nitrogen and oxygen atoms in total. The lowest BCUT2D eigenvalue weighted by Crippen LogP contribution is -2.46. The molecule has 2 aliphatic rings. The highest BCUT2D eigenvalue weighted by Gasteiger charge is 2.27. The van der Waals surface area contributed by atoms with Crippen LogP contribution in [0.1, 0.15) is 23.5 Å². The largest absolute Gasteiger partial charge is 0.374 e. The Morgan fingerprint density at radius 2 is 2.30 bits per heavy atom. The normalized spacial score (nSPS) is 24.4. The number of ether oxygens (including phenoxy) is 1. The van der Waals surface area contributed by atoms with Crippen LogP contribution >= 0.6 is 11.3 Å². The lowest BCUT2D eigenvalue weighted by Gasteiger charge is -2.33. The minimum atomic E-state index is 0.354. The fourth-order valence-corrected chi connectivity index (χ4v) is 3.45. The summed E-state index contributed by atoms with van der Waals surface area (Å²) >= 11 is 1.75. The van der Waals surface area contributed by atoms with Crippen LogP contribution in [0.5, 0.6) is 0 Å². The van der Waals surface area contributed by atoms with Crippen molar-refractivity contribution in [3.05, 3.63) is 16.1 Å². The second kappa shape index (κ2) is 6.52. The number of hydrogen-bond acceptors (Lipinski definition) is 5. The van der Waals surface area contributed by atoms with Crippen LogP contribution in [-0.2, 0) is 11.3 Å². The number of morpholine rings is 1. The molecule has 1 atom stereocenters. The molecule has 3 rings (SSSR count). The first kappa shape index (κ1) is 14.4. The van der Waals surface area contributed by atoms with Gasteiger partial charge in [0, 0.05) is 38.1 Å². The second-order valence-electron chi connectivity index (χ2n) is 6.25. The van der Waals surface area contributed by atoms with Crippen molar-refractivity contribution in [3.8, 4) is 0 Å². The Bertz CT molecular complexity index is 433. The van der Waals surface area contributed by atoms with Crippen LogP contribution in [0.2, 0.25) is 0 Å². The van der Waals surface area contributed by atoms with Crippen LogP contribution in [0.15, 0.2) is 5.38 Å². The Morgan fingerprint density at radius 3 is 2.95 bits per heavy atom. The summed E-state index contributed by atoms with van der Waals surface area (Å²) in [6, 6.07) is 0. The first-order valence-corrected chi connectivity index (χ1v) is 8.50. The van der Waals surface area contributed by atoms with Crippen LogP contribution in [0, 0.1) is 12.8 Å². The molecule has 1 saturated carbocycles. The van der Waals surface area contributed by atoms with E-state index in [0.717, 1.165) is 38.7 Å². The third kappa shape index (κ3) is 4.25.